The molecule has 0 aliphatic carbocycles. The van der Waals surface area contributed by atoms with Gasteiger partial charge in [-0.25, -0.2) is 9.18 Å². The minimum absolute atomic E-state index is 0.211. The summed E-state index contributed by atoms with van der Waals surface area (Å²) in [4.78, 5) is 28.1. The van der Waals surface area contributed by atoms with Gasteiger partial charge in [0.1, 0.15) is 16.9 Å². The Morgan fingerprint density at radius 1 is 1.06 bits per heavy atom. The topological polar surface area (TPSA) is 106 Å². The SMILES string of the molecule is CN1CCN(Cc2ccc(CN(C)C(=O)c3cc(F)cc4n[nH]nc34)cc2)CC1.O=C(O)C(F)(F)F. The van der Waals surface area contributed by atoms with Crippen LogP contribution in [-0.4, -0.2) is 93.5 Å². The number of aromatic amines is 1. The van der Waals surface area contributed by atoms with Crippen LogP contribution in [0.5, 0.6) is 0 Å². The van der Waals surface area contributed by atoms with Crippen molar-refractivity contribution in [3.63, 3.8) is 0 Å². The van der Waals surface area contributed by atoms with Crippen LogP contribution in [-0.2, 0) is 17.9 Å². The van der Waals surface area contributed by atoms with E-state index >= 15 is 0 Å². The van der Waals surface area contributed by atoms with Gasteiger partial charge in [0.2, 0.25) is 0 Å². The number of carbonyl (C=O) groups excluding carboxylic acids is 1. The number of amides is 1. The maximum absolute atomic E-state index is 13.8. The number of fused-ring (bicyclic) bond motifs is 1. The number of likely N-dealkylation sites (N-methyl/N-ethyl adjacent to an activating group) is 1. The van der Waals surface area contributed by atoms with E-state index in [1.54, 1.807) is 11.9 Å². The maximum Gasteiger partial charge on any atom is 0.490 e. The van der Waals surface area contributed by atoms with E-state index in [1.807, 2.05) is 12.1 Å². The van der Waals surface area contributed by atoms with Crippen molar-refractivity contribution >= 4 is 22.9 Å². The van der Waals surface area contributed by atoms with Gasteiger partial charge in [0.05, 0.1) is 5.56 Å². The van der Waals surface area contributed by atoms with Gasteiger partial charge in [0.25, 0.3) is 5.91 Å². The number of hydrogen-bond donors (Lipinski definition) is 2. The van der Waals surface area contributed by atoms with Crippen molar-refractivity contribution in [1.29, 1.82) is 0 Å². The van der Waals surface area contributed by atoms with Gasteiger partial charge in [-0.2, -0.15) is 28.6 Å². The first-order valence-electron chi connectivity index (χ1n) is 11.0. The van der Waals surface area contributed by atoms with E-state index in [0.717, 1.165) is 38.3 Å². The van der Waals surface area contributed by atoms with E-state index < -0.39 is 18.0 Å². The largest absolute Gasteiger partial charge is 0.490 e. The van der Waals surface area contributed by atoms with Crippen LogP contribution in [0.15, 0.2) is 36.4 Å². The first-order valence-corrected chi connectivity index (χ1v) is 11.0. The zero-order valence-corrected chi connectivity index (χ0v) is 19.7. The molecule has 0 spiro atoms. The predicted octanol–water partition coefficient (Wildman–Crippen LogP) is 2.75. The zero-order chi connectivity index (χ0) is 26.5. The van der Waals surface area contributed by atoms with Crippen molar-refractivity contribution in [2.45, 2.75) is 19.3 Å². The third-order valence-electron chi connectivity index (χ3n) is 5.65. The number of carboxylic acid groups (broad SMARTS) is 1. The van der Waals surface area contributed by atoms with E-state index in [9.17, 15) is 22.4 Å². The number of benzene rings is 2. The number of hydrogen-bond acceptors (Lipinski definition) is 6. The molecule has 0 bridgehead atoms. The summed E-state index contributed by atoms with van der Waals surface area (Å²) in [6.45, 7) is 5.74. The van der Waals surface area contributed by atoms with E-state index in [2.05, 4.69) is 44.4 Å². The van der Waals surface area contributed by atoms with Crippen LogP contribution in [0, 0.1) is 5.82 Å². The first kappa shape index (κ1) is 27.0. The molecule has 1 aromatic heterocycles. The molecule has 9 nitrogen and oxygen atoms in total. The molecule has 1 amide bonds. The summed E-state index contributed by atoms with van der Waals surface area (Å²) in [6.07, 6.45) is -5.08. The molecule has 36 heavy (non-hydrogen) atoms. The number of halogens is 4. The van der Waals surface area contributed by atoms with Gasteiger partial charge in [-0.1, -0.05) is 24.3 Å². The van der Waals surface area contributed by atoms with Crippen LogP contribution < -0.4 is 0 Å². The normalized spacial score (nSPS) is 14.8. The van der Waals surface area contributed by atoms with Gasteiger partial charge < -0.3 is 14.9 Å². The minimum Gasteiger partial charge on any atom is -0.475 e. The summed E-state index contributed by atoms with van der Waals surface area (Å²) in [6, 6.07) is 10.8. The molecular formula is C23H26F4N6O3. The molecule has 1 saturated heterocycles. The molecule has 2 N–H and O–H groups in total. The highest BCUT2D eigenvalue weighted by Crippen LogP contribution is 2.19. The maximum atomic E-state index is 13.8. The van der Waals surface area contributed by atoms with E-state index in [1.165, 1.54) is 17.7 Å². The third-order valence-corrected chi connectivity index (χ3v) is 5.65. The fraction of sp³-hybridized carbons (Fsp3) is 0.391. The quantitative estimate of drug-likeness (QED) is 0.509. The lowest BCUT2D eigenvalue weighted by Gasteiger charge is -2.32. The molecule has 1 aliphatic rings. The summed E-state index contributed by atoms with van der Waals surface area (Å²) in [5.74, 6) is -3.55. The minimum atomic E-state index is -5.08. The van der Waals surface area contributed by atoms with Crippen LogP contribution in [0.1, 0.15) is 21.5 Å². The number of rotatable bonds is 5. The van der Waals surface area contributed by atoms with E-state index in [0.29, 0.717) is 17.6 Å². The van der Waals surface area contributed by atoms with Gasteiger partial charge in [0, 0.05) is 52.4 Å². The number of alkyl halides is 3. The highest BCUT2D eigenvalue weighted by Gasteiger charge is 2.38. The van der Waals surface area contributed by atoms with E-state index in [4.69, 9.17) is 9.90 Å². The number of piperazine rings is 1. The molecule has 2 heterocycles. The Kier molecular flexibility index (Phi) is 8.58. The van der Waals surface area contributed by atoms with Crippen LogP contribution in [0.2, 0.25) is 0 Å². The predicted molar refractivity (Wildman–Crippen MR) is 123 cm³/mol. The smallest absolute Gasteiger partial charge is 0.475 e. The summed E-state index contributed by atoms with van der Waals surface area (Å²) in [7, 11) is 3.86. The molecule has 0 radical (unpaired) electrons. The molecule has 1 fully saturated rings. The average Bonchev–Trinajstić information content (AvgIpc) is 3.29. The number of nitrogens with zero attached hydrogens (tertiary/aromatic N) is 5. The summed E-state index contributed by atoms with van der Waals surface area (Å²) in [5, 5.41) is 17.4. The van der Waals surface area contributed by atoms with Gasteiger partial charge in [-0.05, 0) is 24.2 Å². The fourth-order valence-corrected chi connectivity index (χ4v) is 3.65. The Morgan fingerprint density at radius 3 is 2.22 bits per heavy atom. The molecule has 194 valence electrons. The second-order valence-corrected chi connectivity index (χ2v) is 8.50. The molecule has 0 unspecified atom stereocenters. The van der Waals surface area contributed by atoms with E-state index in [-0.39, 0.29) is 11.5 Å². The van der Waals surface area contributed by atoms with Crippen LogP contribution in [0.3, 0.4) is 0 Å². The standard InChI is InChI=1S/C21H25FN6O.C2HF3O2/c1-26-7-9-28(10-8-26)14-16-5-3-15(4-6-16)13-27(2)21(29)18-11-17(22)12-19-20(18)24-25-23-19;3-2(4,5)1(6)7/h3-6,11-12H,7-10,13-14H2,1-2H3,(H,23,24,25);(H,6,7). The molecule has 2 aromatic carbocycles. The average molecular weight is 510 g/mol. The van der Waals surface area contributed by atoms with Crippen molar-refractivity contribution in [1.82, 2.24) is 30.1 Å². The zero-order valence-electron chi connectivity index (χ0n) is 19.7. The van der Waals surface area contributed by atoms with Gasteiger partial charge in [-0.15, -0.1) is 0 Å². The highest BCUT2D eigenvalue weighted by atomic mass is 19.4. The lowest BCUT2D eigenvalue weighted by atomic mass is 10.1. The van der Waals surface area contributed by atoms with Gasteiger partial charge in [-0.3, -0.25) is 9.69 Å². The molecule has 4 rings (SSSR count). The van der Waals surface area contributed by atoms with Crippen molar-refractivity contribution in [3.05, 3.63) is 58.9 Å². The van der Waals surface area contributed by atoms with Crippen molar-refractivity contribution in [2.24, 2.45) is 0 Å². The van der Waals surface area contributed by atoms with Crippen molar-refractivity contribution < 1.29 is 32.3 Å². The molecule has 1 aliphatic heterocycles. The molecule has 0 atom stereocenters. The number of aromatic nitrogens is 3. The Labute approximate surface area is 204 Å². The number of nitrogens with one attached hydrogen (secondary N) is 1. The third kappa shape index (κ3) is 7.21. The summed E-state index contributed by atoms with van der Waals surface area (Å²) in [5.41, 5.74) is 3.22. The molecule has 3 aromatic rings. The Hall–Kier alpha value is -3.58. The molecular weight excluding hydrogens is 484 g/mol. The number of carbonyl (C=O) groups is 2. The summed E-state index contributed by atoms with van der Waals surface area (Å²) >= 11 is 0. The van der Waals surface area contributed by atoms with Gasteiger partial charge >= 0.3 is 12.1 Å². The summed E-state index contributed by atoms with van der Waals surface area (Å²) < 4.78 is 45.6. The highest BCUT2D eigenvalue weighted by molar-refractivity contribution is 6.04. The number of carboxylic acids is 1. The second kappa shape index (κ2) is 11.4. The van der Waals surface area contributed by atoms with Gasteiger partial charge in [0.15, 0.2) is 0 Å². The Balaban J connectivity index is 0.000000454. The first-order chi connectivity index (χ1) is 16.9. The fourth-order valence-electron chi connectivity index (χ4n) is 3.65. The lowest BCUT2D eigenvalue weighted by Crippen LogP contribution is -2.43. The van der Waals surface area contributed by atoms with Crippen molar-refractivity contribution in [2.75, 3.05) is 40.3 Å². The Morgan fingerprint density at radius 2 is 1.64 bits per heavy atom. The Bertz CT molecular complexity index is 1190. The van der Waals surface area contributed by atoms with Crippen LogP contribution in [0.4, 0.5) is 17.6 Å². The number of H-pyrrole nitrogens is 1. The molecule has 0 saturated carbocycles. The number of aliphatic carboxylic acids is 1. The lowest BCUT2D eigenvalue weighted by molar-refractivity contribution is -0.192. The monoisotopic (exact) mass is 510 g/mol. The molecule has 13 heteroatoms. The van der Waals surface area contributed by atoms with Crippen LogP contribution >= 0.6 is 0 Å². The van der Waals surface area contributed by atoms with Crippen LogP contribution in [0.25, 0.3) is 11.0 Å². The second-order valence-electron chi connectivity index (χ2n) is 8.50. The van der Waals surface area contributed by atoms with Crippen molar-refractivity contribution in [3.8, 4) is 0 Å².